The van der Waals surface area contributed by atoms with E-state index < -0.39 is 17.8 Å². The Morgan fingerprint density at radius 2 is 1.83 bits per heavy atom. The molecular weight excluding hydrogens is 383 g/mol. The number of fused-ring (bicyclic) bond motifs is 1. The predicted molar refractivity (Wildman–Crippen MR) is 105 cm³/mol. The fraction of sp³-hybridized carbons (Fsp3) is 0.300. The molecule has 3 aromatic rings. The minimum absolute atomic E-state index is 0.236. The molecule has 2 aromatic carbocycles. The van der Waals surface area contributed by atoms with Gasteiger partial charge in [0, 0.05) is 26.2 Å². The molecule has 1 saturated heterocycles. The zero-order valence-corrected chi connectivity index (χ0v) is 15.8. The molecule has 9 heteroatoms. The minimum atomic E-state index is -4.53. The standard InChI is InChI=1S/C20H20F3N5O/c1-13-6-7-16-17(12-13)25-18(24-16)27-8-10-28(11-9-27)19(29)26-15-5-3-2-4-14(15)20(21,22)23/h2-7,12H,8-11H2,1H3,(H,24,25)(H,26,29). The van der Waals surface area contributed by atoms with Gasteiger partial charge in [0.15, 0.2) is 0 Å². The fourth-order valence-corrected chi connectivity index (χ4v) is 3.41. The molecule has 6 nitrogen and oxygen atoms in total. The van der Waals surface area contributed by atoms with Gasteiger partial charge in [0.25, 0.3) is 0 Å². The summed E-state index contributed by atoms with van der Waals surface area (Å²) in [5, 5.41) is 2.39. The third-order valence-corrected chi connectivity index (χ3v) is 4.97. The van der Waals surface area contributed by atoms with Gasteiger partial charge >= 0.3 is 12.2 Å². The highest BCUT2D eigenvalue weighted by molar-refractivity contribution is 5.90. The van der Waals surface area contributed by atoms with Gasteiger partial charge in [-0.1, -0.05) is 18.2 Å². The van der Waals surface area contributed by atoms with Gasteiger partial charge in [-0.3, -0.25) is 0 Å². The lowest BCUT2D eigenvalue weighted by molar-refractivity contribution is -0.136. The maximum atomic E-state index is 13.1. The third-order valence-electron chi connectivity index (χ3n) is 4.97. The monoisotopic (exact) mass is 403 g/mol. The quantitative estimate of drug-likeness (QED) is 0.673. The number of urea groups is 1. The van der Waals surface area contributed by atoms with Crippen LogP contribution in [0.4, 0.5) is 29.6 Å². The molecule has 2 amide bonds. The van der Waals surface area contributed by atoms with Gasteiger partial charge in [0.2, 0.25) is 5.95 Å². The van der Waals surface area contributed by atoms with Crippen molar-refractivity contribution >= 4 is 28.7 Å². The van der Waals surface area contributed by atoms with Crippen LogP contribution in [0, 0.1) is 6.92 Å². The largest absolute Gasteiger partial charge is 0.418 e. The van der Waals surface area contributed by atoms with Gasteiger partial charge < -0.3 is 20.1 Å². The van der Waals surface area contributed by atoms with Crippen molar-refractivity contribution in [1.29, 1.82) is 0 Å². The molecular formula is C20H20F3N5O. The van der Waals surface area contributed by atoms with Crippen molar-refractivity contribution in [3.8, 4) is 0 Å². The van der Waals surface area contributed by atoms with E-state index in [1.807, 2.05) is 30.0 Å². The second-order valence-corrected chi connectivity index (χ2v) is 7.03. The van der Waals surface area contributed by atoms with Crippen molar-refractivity contribution in [2.45, 2.75) is 13.1 Å². The maximum absolute atomic E-state index is 13.1. The predicted octanol–water partition coefficient (Wildman–Crippen LogP) is 4.24. The summed E-state index contributed by atoms with van der Waals surface area (Å²) in [6, 6.07) is 10.4. The number of anilines is 2. The second kappa shape index (κ2) is 7.31. The molecule has 1 aliphatic rings. The molecule has 0 radical (unpaired) electrons. The molecule has 1 aliphatic heterocycles. The highest BCUT2D eigenvalue weighted by Gasteiger charge is 2.34. The van der Waals surface area contributed by atoms with Gasteiger partial charge in [0.05, 0.1) is 22.3 Å². The Hall–Kier alpha value is -3.23. The van der Waals surface area contributed by atoms with Crippen molar-refractivity contribution in [1.82, 2.24) is 14.9 Å². The average Bonchev–Trinajstić information content (AvgIpc) is 3.11. The number of nitrogens with zero attached hydrogens (tertiary/aromatic N) is 3. The highest BCUT2D eigenvalue weighted by atomic mass is 19.4. The lowest BCUT2D eigenvalue weighted by atomic mass is 10.1. The Bertz CT molecular complexity index is 1040. The number of rotatable bonds is 2. The number of aromatic nitrogens is 2. The molecule has 4 rings (SSSR count). The van der Waals surface area contributed by atoms with E-state index in [2.05, 4.69) is 15.3 Å². The van der Waals surface area contributed by atoms with E-state index in [9.17, 15) is 18.0 Å². The van der Waals surface area contributed by atoms with E-state index in [0.717, 1.165) is 28.6 Å². The number of H-pyrrole nitrogens is 1. The number of piperazine rings is 1. The summed E-state index contributed by atoms with van der Waals surface area (Å²) in [6.45, 7) is 3.85. The van der Waals surface area contributed by atoms with E-state index >= 15 is 0 Å². The Morgan fingerprint density at radius 1 is 1.10 bits per heavy atom. The second-order valence-electron chi connectivity index (χ2n) is 7.03. The number of halogens is 3. The number of carbonyl (C=O) groups excluding carboxylic acids is 1. The van der Waals surface area contributed by atoms with Crippen LogP contribution >= 0.6 is 0 Å². The number of alkyl halides is 3. The van der Waals surface area contributed by atoms with E-state index in [-0.39, 0.29) is 5.69 Å². The minimum Gasteiger partial charge on any atom is -0.339 e. The van der Waals surface area contributed by atoms with Crippen LogP contribution in [0.5, 0.6) is 0 Å². The lowest BCUT2D eigenvalue weighted by Gasteiger charge is -2.34. The van der Waals surface area contributed by atoms with Gasteiger partial charge in [-0.05, 0) is 36.8 Å². The van der Waals surface area contributed by atoms with Crippen molar-refractivity contribution in [2.75, 3.05) is 36.4 Å². The van der Waals surface area contributed by atoms with Crippen LogP contribution in [0.25, 0.3) is 11.0 Å². The van der Waals surface area contributed by atoms with Crippen LogP contribution < -0.4 is 10.2 Å². The molecule has 0 bridgehead atoms. The van der Waals surface area contributed by atoms with Crippen molar-refractivity contribution < 1.29 is 18.0 Å². The van der Waals surface area contributed by atoms with E-state index in [0.29, 0.717) is 26.2 Å². The molecule has 0 aliphatic carbocycles. The molecule has 2 N–H and O–H groups in total. The summed E-state index contributed by atoms with van der Waals surface area (Å²) < 4.78 is 39.3. The molecule has 0 atom stereocenters. The molecule has 0 unspecified atom stereocenters. The summed E-state index contributed by atoms with van der Waals surface area (Å²) in [6.07, 6.45) is -4.53. The molecule has 29 heavy (non-hydrogen) atoms. The maximum Gasteiger partial charge on any atom is 0.418 e. The van der Waals surface area contributed by atoms with Crippen LogP contribution in [0.1, 0.15) is 11.1 Å². The first-order chi connectivity index (χ1) is 13.8. The summed E-state index contributed by atoms with van der Waals surface area (Å²) >= 11 is 0. The number of imidazole rings is 1. The van der Waals surface area contributed by atoms with Crippen molar-refractivity contribution in [2.24, 2.45) is 0 Å². The van der Waals surface area contributed by atoms with Crippen LogP contribution in [0.15, 0.2) is 42.5 Å². The number of amides is 2. The smallest absolute Gasteiger partial charge is 0.339 e. The molecule has 2 heterocycles. The van der Waals surface area contributed by atoms with Crippen LogP contribution in [0.2, 0.25) is 0 Å². The van der Waals surface area contributed by atoms with Gasteiger partial charge in [0.1, 0.15) is 0 Å². The number of aryl methyl sites for hydroxylation is 1. The first-order valence-corrected chi connectivity index (χ1v) is 9.25. The molecule has 0 saturated carbocycles. The fourth-order valence-electron chi connectivity index (χ4n) is 3.41. The van der Waals surface area contributed by atoms with Gasteiger partial charge in [-0.15, -0.1) is 0 Å². The Labute approximate surface area is 165 Å². The Morgan fingerprint density at radius 3 is 2.55 bits per heavy atom. The Balaban J connectivity index is 1.41. The number of nitrogens with one attached hydrogen (secondary N) is 2. The first-order valence-electron chi connectivity index (χ1n) is 9.25. The molecule has 0 spiro atoms. The average molecular weight is 403 g/mol. The van der Waals surface area contributed by atoms with E-state index in [4.69, 9.17) is 0 Å². The number of hydrogen-bond donors (Lipinski definition) is 2. The molecule has 152 valence electrons. The van der Waals surface area contributed by atoms with Crippen molar-refractivity contribution in [3.05, 3.63) is 53.6 Å². The van der Waals surface area contributed by atoms with E-state index in [1.54, 1.807) is 0 Å². The van der Waals surface area contributed by atoms with Crippen LogP contribution in [0.3, 0.4) is 0 Å². The normalized spacial score (nSPS) is 15.0. The van der Waals surface area contributed by atoms with Crippen LogP contribution in [-0.4, -0.2) is 47.1 Å². The number of benzene rings is 2. The lowest BCUT2D eigenvalue weighted by Crippen LogP contribution is -2.50. The first kappa shape index (κ1) is 19.1. The SMILES string of the molecule is Cc1ccc2nc(N3CCN(C(=O)Nc4ccccc4C(F)(F)F)CC3)[nH]c2c1. The summed E-state index contributed by atoms with van der Waals surface area (Å²) in [5.74, 6) is 0.730. The summed E-state index contributed by atoms with van der Waals surface area (Å²) in [5.41, 5.74) is 1.86. The zero-order chi connectivity index (χ0) is 20.6. The number of hydrogen-bond acceptors (Lipinski definition) is 3. The van der Waals surface area contributed by atoms with Crippen LogP contribution in [-0.2, 0) is 6.18 Å². The molecule has 1 aromatic heterocycles. The molecule has 1 fully saturated rings. The highest BCUT2D eigenvalue weighted by Crippen LogP contribution is 2.34. The van der Waals surface area contributed by atoms with Gasteiger partial charge in [-0.2, -0.15) is 13.2 Å². The number of para-hydroxylation sites is 1. The zero-order valence-electron chi connectivity index (χ0n) is 15.8. The van der Waals surface area contributed by atoms with Gasteiger partial charge in [-0.25, -0.2) is 9.78 Å². The number of carbonyl (C=O) groups is 1. The summed E-state index contributed by atoms with van der Waals surface area (Å²) in [4.78, 5) is 23.9. The number of aromatic amines is 1. The Kier molecular flexibility index (Phi) is 4.81. The topological polar surface area (TPSA) is 64.3 Å². The van der Waals surface area contributed by atoms with Crippen molar-refractivity contribution in [3.63, 3.8) is 0 Å². The third kappa shape index (κ3) is 3.98. The summed E-state index contributed by atoms with van der Waals surface area (Å²) in [7, 11) is 0. The van der Waals surface area contributed by atoms with E-state index in [1.165, 1.54) is 23.1 Å².